The number of hydrogen-bond acceptors (Lipinski definition) is 5. The molecular formula is C24H27N3O4. The molecule has 0 bridgehead atoms. The molecule has 162 valence electrons. The van der Waals surface area contributed by atoms with Crippen LogP contribution in [0.5, 0.6) is 0 Å². The summed E-state index contributed by atoms with van der Waals surface area (Å²) in [5.74, 6) is -0.639. The van der Waals surface area contributed by atoms with Crippen LogP contribution in [0.4, 0.5) is 17.1 Å². The predicted molar refractivity (Wildman–Crippen MR) is 119 cm³/mol. The summed E-state index contributed by atoms with van der Waals surface area (Å²) in [6, 6.07) is 14.5. The zero-order chi connectivity index (χ0) is 22.1. The number of nitro groups is 1. The summed E-state index contributed by atoms with van der Waals surface area (Å²) in [6.07, 6.45) is 2.33. The molecule has 3 atom stereocenters. The van der Waals surface area contributed by atoms with Crippen LogP contribution in [0.25, 0.3) is 0 Å². The van der Waals surface area contributed by atoms with Crippen LogP contribution in [0.3, 0.4) is 0 Å². The molecule has 1 aliphatic carbocycles. The Kier molecular flexibility index (Phi) is 5.76. The third-order valence-corrected chi connectivity index (χ3v) is 6.54. The number of nitrogens with zero attached hydrogens (tertiary/aromatic N) is 3. The number of nitro benzene ring substituents is 1. The van der Waals surface area contributed by atoms with E-state index in [0.717, 1.165) is 12.0 Å². The van der Waals surface area contributed by atoms with E-state index in [1.807, 2.05) is 42.2 Å². The molecule has 0 N–H and O–H groups in total. The van der Waals surface area contributed by atoms with Crippen LogP contribution in [0.15, 0.2) is 48.5 Å². The van der Waals surface area contributed by atoms with Crippen LogP contribution in [0.2, 0.25) is 0 Å². The van der Waals surface area contributed by atoms with E-state index in [0.29, 0.717) is 43.2 Å². The van der Waals surface area contributed by atoms with E-state index in [4.69, 9.17) is 0 Å². The summed E-state index contributed by atoms with van der Waals surface area (Å²) in [5, 5.41) is 11.9. The number of rotatable bonds is 6. The van der Waals surface area contributed by atoms with Gasteiger partial charge in [-0.3, -0.25) is 19.7 Å². The van der Waals surface area contributed by atoms with Crippen molar-refractivity contribution in [2.45, 2.75) is 39.7 Å². The molecule has 0 unspecified atom stereocenters. The van der Waals surface area contributed by atoms with E-state index in [1.165, 1.54) is 11.0 Å². The zero-order valence-electron chi connectivity index (χ0n) is 17.9. The Hall–Kier alpha value is -3.22. The van der Waals surface area contributed by atoms with Crippen molar-refractivity contribution < 1.29 is 14.5 Å². The second-order valence-corrected chi connectivity index (χ2v) is 8.57. The highest BCUT2D eigenvalue weighted by Crippen LogP contribution is 2.43. The molecule has 2 aliphatic rings. The highest BCUT2D eigenvalue weighted by atomic mass is 16.6. The van der Waals surface area contributed by atoms with Crippen LogP contribution in [0.1, 0.15) is 38.7 Å². The van der Waals surface area contributed by atoms with Crippen molar-refractivity contribution in [2.75, 3.05) is 16.3 Å². The Morgan fingerprint density at radius 1 is 1.06 bits per heavy atom. The van der Waals surface area contributed by atoms with E-state index >= 15 is 0 Å². The van der Waals surface area contributed by atoms with Gasteiger partial charge in [-0.15, -0.1) is 0 Å². The second-order valence-electron chi connectivity index (χ2n) is 8.57. The van der Waals surface area contributed by atoms with Gasteiger partial charge in [0, 0.05) is 19.2 Å². The lowest BCUT2D eigenvalue weighted by Gasteiger charge is -2.25. The Bertz CT molecular complexity index is 1010. The molecule has 0 radical (unpaired) electrons. The highest BCUT2D eigenvalue weighted by molar-refractivity contribution is 6.22. The lowest BCUT2D eigenvalue weighted by atomic mass is 9.76. The minimum atomic E-state index is -0.438. The SMILES string of the molecule is CCN(Cc1ccccc1)c1ccc(N2C(=O)[C@@H]3CC[C@H](C)C[C@H]3C2=O)cc1[N+](=O)[O-]. The van der Waals surface area contributed by atoms with Crippen LogP contribution in [0, 0.1) is 27.9 Å². The van der Waals surface area contributed by atoms with Crippen molar-refractivity contribution >= 4 is 28.9 Å². The molecule has 1 aliphatic heterocycles. The number of benzene rings is 2. The fourth-order valence-electron chi connectivity index (χ4n) is 4.88. The quantitative estimate of drug-likeness (QED) is 0.388. The maximum atomic E-state index is 13.0. The van der Waals surface area contributed by atoms with Crippen LogP contribution in [-0.2, 0) is 16.1 Å². The number of carbonyl (C=O) groups is 2. The lowest BCUT2D eigenvalue weighted by Crippen LogP contribution is -2.31. The van der Waals surface area contributed by atoms with Crippen LogP contribution in [-0.4, -0.2) is 23.3 Å². The van der Waals surface area contributed by atoms with Crippen molar-refractivity contribution in [1.29, 1.82) is 0 Å². The molecule has 4 rings (SSSR count). The molecule has 2 aromatic carbocycles. The van der Waals surface area contributed by atoms with E-state index in [9.17, 15) is 19.7 Å². The Balaban J connectivity index is 1.67. The van der Waals surface area contributed by atoms with Gasteiger partial charge in [0.05, 0.1) is 22.4 Å². The smallest absolute Gasteiger partial charge is 0.294 e. The molecule has 1 heterocycles. The molecule has 7 heteroatoms. The monoisotopic (exact) mass is 421 g/mol. The molecule has 1 saturated carbocycles. The predicted octanol–water partition coefficient (Wildman–Crippen LogP) is 4.55. The topological polar surface area (TPSA) is 83.8 Å². The standard InChI is InChI=1S/C24H27N3O4/c1-3-25(15-17-7-5-4-6-8-17)21-12-10-18(14-22(21)27(30)31)26-23(28)19-11-9-16(2)13-20(19)24(26)29/h4-8,10,12,14,16,19-20H,3,9,11,13,15H2,1-2H3/t16-,19+,20+/m0/s1. The normalized spacial score (nSPS) is 23.0. The maximum Gasteiger partial charge on any atom is 0.294 e. The van der Waals surface area contributed by atoms with E-state index < -0.39 is 4.92 Å². The average molecular weight is 421 g/mol. The molecule has 2 amide bonds. The minimum Gasteiger partial charge on any atom is -0.362 e. The van der Waals surface area contributed by atoms with Gasteiger partial charge in [-0.25, -0.2) is 4.90 Å². The molecule has 0 spiro atoms. The largest absolute Gasteiger partial charge is 0.362 e. The van der Waals surface area contributed by atoms with Crippen LogP contribution < -0.4 is 9.80 Å². The van der Waals surface area contributed by atoms with Crippen molar-refractivity contribution in [1.82, 2.24) is 0 Å². The third-order valence-electron chi connectivity index (χ3n) is 6.54. The first kappa shape index (κ1) is 21.0. The average Bonchev–Trinajstić information content (AvgIpc) is 3.02. The summed E-state index contributed by atoms with van der Waals surface area (Å²) < 4.78 is 0. The summed E-state index contributed by atoms with van der Waals surface area (Å²) in [4.78, 5) is 40.6. The van der Waals surface area contributed by atoms with Gasteiger partial charge in [0.2, 0.25) is 11.8 Å². The third kappa shape index (κ3) is 3.92. The molecule has 2 aromatic rings. The molecular weight excluding hydrogens is 394 g/mol. The van der Waals surface area contributed by atoms with Gasteiger partial charge in [-0.2, -0.15) is 0 Å². The van der Waals surface area contributed by atoms with Crippen molar-refractivity contribution in [3.05, 3.63) is 64.2 Å². The number of carbonyl (C=O) groups excluding carboxylic acids is 2. The molecule has 31 heavy (non-hydrogen) atoms. The summed E-state index contributed by atoms with van der Waals surface area (Å²) in [7, 11) is 0. The molecule has 0 aromatic heterocycles. The van der Waals surface area contributed by atoms with Gasteiger partial charge in [0.25, 0.3) is 5.69 Å². The van der Waals surface area contributed by atoms with Gasteiger partial charge in [-0.1, -0.05) is 37.3 Å². The lowest BCUT2D eigenvalue weighted by molar-refractivity contribution is -0.384. The van der Waals surface area contributed by atoms with Gasteiger partial charge in [-0.05, 0) is 49.8 Å². The molecule has 1 saturated heterocycles. The molecule has 2 fully saturated rings. The molecule has 7 nitrogen and oxygen atoms in total. The number of hydrogen-bond donors (Lipinski definition) is 0. The number of fused-ring (bicyclic) bond motifs is 1. The first-order valence-electron chi connectivity index (χ1n) is 10.9. The zero-order valence-corrected chi connectivity index (χ0v) is 17.9. The van der Waals surface area contributed by atoms with Gasteiger partial charge in [0.15, 0.2) is 0 Å². The Morgan fingerprint density at radius 3 is 2.45 bits per heavy atom. The maximum absolute atomic E-state index is 13.0. The first-order valence-corrected chi connectivity index (χ1v) is 10.9. The summed E-state index contributed by atoms with van der Waals surface area (Å²) in [6.45, 7) is 5.15. The fraction of sp³-hybridized carbons (Fsp3) is 0.417. The minimum absolute atomic E-state index is 0.0980. The highest BCUT2D eigenvalue weighted by Gasteiger charge is 2.50. The van der Waals surface area contributed by atoms with Crippen molar-refractivity contribution in [2.24, 2.45) is 17.8 Å². The van der Waals surface area contributed by atoms with Gasteiger partial charge in [0.1, 0.15) is 5.69 Å². The van der Waals surface area contributed by atoms with Crippen molar-refractivity contribution in [3.63, 3.8) is 0 Å². The number of imide groups is 1. The van der Waals surface area contributed by atoms with Gasteiger partial charge >= 0.3 is 0 Å². The van der Waals surface area contributed by atoms with E-state index in [-0.39, 0.29) is 29.3 Å². The second kappa shape index (κ2) is 8.49. The Morgan fingerprint density at radius 2 is 1.77 bits per heavy atom. The van der Waals surface area contributed by atoms with E-state index in [2.05, 4.69) is 6.92 Å². The van der Waals surface area contributed by atoms with Gasteiger partial charge < -0.3 is 4.90 Å². The Labute approximate surface area is 181 Å². The number of anilines is 2. The van der Waals surface area contributed by atoms with E-state index in [1.54, 1.807) is 12.1 Å². The summed E-state index contributed by atoms with van der Waals surface area (Å²) >= 11 is 0. The number of amides is 2. The van der Waals surface area contributed by atoms with Crippen LogP contribution >= 0.6 is 0 Å². The van der Waals surface area contributed by atoms with Crippen molar-refractivity contribution in [3.8, 4) is 0 Å². The fourth-order valence-corrected chi connectivity index (χ4v) is 4.88. The summed E-state index contributed by atoms with van der Waals surface area (Å²) in [5.41, 5.74) is 1.72. The first-order chi connectivity index (χ1) is 14.9.